The number of unbranched alkanes of at least 4 members (excludes halogenated alkanes) is 1. The van der Waals surface area contributed by atoms with Crippen molar-refractivity contribution in [2.75, 3.05) is 6.54 Å². The lowest BCUT2D eigenvalue weighted by Crippen LogP contribution is -2.18. The molecule has 54 valence electrons. The molecule has 0 aromatic heterocycles. The number of nitrogens with zero attached hydrogens (tertiary/aromatic N) is 1. The Kier molecular flexibility index (Phi) is 4.84. The van der Waals surface area contributed by atoms with E-state index in [1.54, 1.807) is 22.9 Å². The zero-order chi connectivity index (χ0) is 7.28. The van der Waals surface area contributed by atoms with Crippen LogP contribution >= 0.6 is 22.9 Å². The lowest BCUT2D eigenvalue weighted by molar-refractivity contribution is 0.179. The van der Waals surface area contributed by atoms with E-state index in [0.29, 0.717) is 6.54 Å². The number of halogens is 1. The molecule has 0 bridgehead atoms. The first-order chi connectivity index (χ1) is 4.18. The number of amides is 1. The van der Waals surface area contributed by atoms with Gasteiger partial charge in [-0.3, -0.25) is 0 Å². The second-order valence-electron chi connectivity index (χ2n) is 1.72. The third-order valence-corrected chi connectivity index (χ3v) is 1.81. The molecular weight excluding hydrogens is 233 g/mol. The molecule has 0 saturated heterocycles. The molecule has 0 heterocycles. The van der Waals surface area contributed by atoms with E-state index in [1.807, 2.05) is 6.92 Å². The summed E-state index contributed by atoms with van der Waals surface area (Å²) in [6.07, 6.45) is 1.12. The van der Waals surface area contributed by atoms with Crippen LogP contribution in [-0.2, 0) is 0 Å². The van der Waals surface area contributed by atoms with Crippen molar-refractivity contribution in [2.45, 2.75) is 19.8 Å². The zero-order valence-electron chi connectivity index (χ0n) is 5.30. The third kappa shape index (κ3) is 4.50. The molecule has 0 radical (unpaired) electrons. The predicted octanol–water partition coefficient (Wildman–Crippen LogP) is 2.12. The fraction of sp³-hybridized carbons (Fsp3) is 0.800. The summed E-state index contributed by atoms with van der Waals surface area (Å²) in [6.45, 7) is 2.67. The van der Waals surface area contributed by atoms with E-state index in [-0.39, 0.29) is 0 Å². The number of carbonyl (C=O) groups is 1. The van der Waals surface area contributed by atoms with Gasteiger partial charge in [-0.15, -0.1) is 0 Å². The van der Waals surface area contributed by atoms with Crippen LogP contribution in [0.5, 0.6) is 0 Å². The summed E-state index contributed by atoms with van der Waals surface area (Å²) >= 11 is 1.79. The average molecular weight is 243 g/mol. The van der Waals surface area contributed by atoms with Crippen molar-refractivity contribution in [1.29, 1.82) is 0 Å². The first-order valence-electron chi connectivity index (χ1n) is 2.84. The summed E-state index contributed by atoms with van der Waals surface area (Å²) in [7, 11) is 0. The average Bonchev–Trinajstić information content (AvgIpc) is 1.82. The van der Waals surface area contributed by atoms with Gasteiger partial charge in [-0.25, -0.2) is 7.91 Å². The van der Waals surface area contributed by atoms with Gasteiger partial charge in [0, 0.05) is 6.54 Å². The van der Waals surface area contributed by atoms with Crippen molar-refractivity contribution in [3.8, 4) is 0 Å². The second kappa shape index (κ2) is 4.84. The molecule has 0 spiro atoms. The highest BCUT2D eigenvalue weighted by molar-refractivity contribution is 14.1. The Bertz CT molecular complexity index is 97.0. The van der Waals surface area contributed by atoms with Crippen LogP contribution < -0.4 is 0 Å². The Labute approximate surface area is 68.5 Å². The minimum atomic E-state index is -0.857. The highest BCUT2D eigenvalue weighted by Crippen LogP contribution is 2.01. The van der Waals surface area contributed by atoms with Crippen LogP contribution in [0, 0.1) is 0 Å². The fourth-order valence-corrected chi connectivity index (χ4v) is 0.734. The summed E-state index contributed by atoms with van der Waals surface area (Å²) in [5, 5.41) is 8.33. The van der Waals surface area contributed by atoms with Gasteiger partial charge in [0.2, 0.25) is 0 Å². The molecule has 4 heteroatoms. The minimum absolute atomic E-state index is 0.631. The van der Waals surface area contributed by atoms with Crippen molar-refractivity contribution in [3.63, 3.8) is 0 Å². The van der Waals surface area contributed by atoms with Gasteiger partial charge in [0.05, 0.1) is 22.9 Å². The SMILES string of the molecule is CCCCN(I)C(=O)O. The molecule has 0 fully saturated rings. The summed E-state index contributed by atoms with van der Waals surface area (Å²) in [5.41, 5.74) is 0. The van der Waals surface area contributed by atoms with Gasteiger partial charge in [-0.2, -0.15) is 0 Å². The topological polar surface area (TPSA) is 40.5 Å². The normalized spacial score (nSPS) is 9.11. The van der Waals surface area contributed by atoms with Crippen LogP contribution in [0.15, 0.2) is 0 Å². The summed E-state index contributed by atoms with van der Waals surface area (Å²) < 4.78 is 1.27. The number of hydrogen-bond acceptors (Lipinski definition) is 1. The lowest BCUT2D eigenvalue weighted by atomic mass is 10.3. The number of rotatable bonds is 3. The largest absolute Gasteiger partial charge is 0.464 e. The monoisotopic (exact) mass is 243 g/mol. The maximum Gasteiger partial charge on any atom is 0.416 e. The lowest BCUT2D eigenvalue weighted by Gasteiger charge is -2.07. The van der Waals surface area contributed by atoms with E-state index in [0.717, 1.165) is 12.8 Å². The van der Waals surface area contributed by atoms with E-state index in [2.05, 4.69) is 0 Å². The molecule has 0 aromatic rings. The highest BCUT2D eigenvalue weighted by atomic mass is 127. The van der Waals surface area contributed by atoms with Crippen LogP contribution in [0.1, 0.15) is 19.8 Å². The van der Waals surface area contributed by atoms with Crippen LogP contribution in [0.25, 0.3) is 0 Å². The highest BCUT2D eigenvalue weighted by Gasteiger charge is 2.04. The molecule has 0 aliphatic rings. The summed E-state index contributed by atoms with van der Waals surface area (Å²) in [5.74, 6) is 0. The van der Waals surface area contributed by atoms with E-state index in [1.165, 1.54) is 3.11 Å². The molecule has 0 aliphatic heterocycles. The molecule has 0 unspecified atom stereocenters. The number of hydrogen-bond donors (Lipinski definition) is 1. The van der Waals surface area contributed by atoms with Crippen molar-refractivity contribution in [2.24, 2.45) is 0 Å². The summed E-state index contributed by atoms with van der Waals surface area (Å²) in [6, 6.07) is 0. The fourth-order valence-electron chi connectivity index (χ4n) is 0.393. The molecule has 3 nitrogen and oxygen atoms in total. The molecule has 0 atom stereocenters. The van der Waals surface area contributed by atoms with Crippen LogP contribution in [0.3, 0.4) is 0 Å². The Morgan fingerprint density at radius 2 is 2.33 bits per heavy atom. The molecule has 0 rings (SSSR count). The molecule has 9 heavy (non-hydrogen) atoms. The van der Waals surface area contributed by atoms with Gasteiger partial charge in [-0.1, -0.05) is 13.3 Å². The molecular formula is C5H10INO2. The molecule has 1 amide bonds. The minimum Gasteiger partial charge on any atom is -0.464 e. The summed E-state index contributed by atoms with van der Waals surface area (Å²) in [4.78, 5) is 10.1. The van der Waals surface area contributed by atoms with Gasteiger partial charge in [0.25, 0.3) is 0 Å². The van der Waals surface area contributed by atoms with Crippen molar-refractivity contribution < 1.29 is 9.90 Å². The van der Waals surface area contributed by atoms with Crippen molar-refractivity contribution in [1.82, 2.24) is 3.11 Å². The maximum absolute atomic E-state index is 10.1. The van der Waals surface area contributed by atoms with E-state index in [9.17, 15) is 4.79 Å². The van der Waals surface area contributed by atoms with Gasteiger partial charge in [0.1, 0.15) is 0 Å². The van der Waals surface area contributed by atoms with Crippen LogP contribution in [0.4, 0.5) is 4.79 Å². The molecule has 0 aromatic carbocycles. The predicted molar refractivity (Wildman–Crippen MR) is 43.7 cm³/mol. The van der Waals surface area contributed by atoms with E-state index < -0.39 is 6.09 Å². The Morgan fingerprint density at radius 1 is 1.78 bits per heavy atom. The second-order valence-corrected chi connectivity index (χ2v) is 2.89. The Morgan fingerprint density at radius 3 is 2.67 bits per heavy atom. The first kappa shape index (κ1) is 9.00. The molecule has 0 aliphatic carbocycles. The maximum atomic E-state index is 10.1. The smallest absolute Gasteiger partial charge is 0.416 e. The van der Waals surface area contributed by atoms with E-state index >= 15 is 0 Å². The molecule has 0 saturated carbocycles. The van der Waals surface area contributed by atoms with Crippen molar-refractivity contribution >= 4 is 29.0 Å². The third-order valence-electron chi connectivity index (χ3n) is 0.916. The van der Waals surface area contributed by atoms with Gasteiger partial charge >= 0.3 is 6.09 Å². The van der Waals surface area contributed by atoms with Gasteiger partial charge < -0.3 is 5.11 Å². The van der Waals surface area contributed by atoms with E-state index in [4.69, 9.17) is 5.11 Å². The van der Waals surface area contributed by atoms with Gasteiger partial charge in [-0.05, 0) is 6.42 Å². The first-order valence-corrected chi connectivity index (χ1v) is 3.81. The quantitative estimate of drug-likeness (QED) is 0.609. The Balaban J connectivity index is 3.27. The van der Waals surface area contributed by atoms with Crippen LogP contribution in [0.2, 0.25) is 0 Å². The van der Waals surface area contributed by atoms with Gasteiger partial charge in [0.15, 0.2) is 0 Å². The zero-order valence-corrected chi connectivity index (χ0v) is 7.46. The van der Waals surface area contributed by atoms with Crippen molar-refractivity contribution in [3.05, 3.63) is 0 Å². The van der Waals surface area contributed by atoms with Crippen LogP contribution in [-0.4, -0.2) is 20.9 Å². The Hall–Kier alpha value is 0. The number of carboxylic acid groups (broad SMARTS) is 1. The molecule has 1 N–H and O–H groups in total. The standard InChI is InChI=1S/C5H10INO2/c1-2-3-4-7(6)5(8)9/h2-4H2,1H3,(H,8,9).